The van der Waals surface area contributed by atoms with Gasteiger partial charge in [0.25, 0.3) is 10.0 Å². The van der Waals surface area contributed by atoms with Gasteiger partial charge in [-0.05, 0) is 44.9 Å². The van der Waals surface area contributed by atoms with Crippen molar-refractivity contribution >= 4 is 33.0 Å². The minimum atomic E-state index is -3.45. The Morgan fingerprint density at radius 1 is 1.52 bits per heavy atom. The van der Waals surface area contributed by atoms with E-state index in [2.05, 4.69) is 12.2 Å². The van der Waals surface area contributed by atoms with Gasteiger partial charge in [0.1, 0.15) is 4.21 Å². The second-order valence-electron chi connectivity index (χ2n) is 5.55. The molecule has 0 amide bonds. The van der Waals surface area contributed by atoms with Crippen molar-refractivity contribution < 1.29 is 8.42 Å². The summed E-state index contributed by atoms with van der Waals surface area (Å²) < 4.78 is 28.4. The Hall–Kier alpha value is -0.140. The van der Waals surface area contributed by atoms with Crippen LogP contribution in [0.2, 0.25) is 4.34 Å². The molecule has 0 bridgehead atoms. The van der Waals surface area contributed by atoms with Crippen molar-refractivity contribution in [1.82, 2.24) is 9.62 Å². The van der Waals surface area contributed by atoms with Crippen LogP contribution >= 0.6 is 22.9 Å². The third kappa shape index (κ3) is 3.62. The highest BCUT2D eigenvalue weighted by Crippen LogP contribution is 2.34. The lowest BCUT2D eigenvalue weighted by atomic mass is 9.99. The minimum Gasteiger partial charge on any atom is -0.313 e. The average molecular weight is 351 g/mol. The Kier molecular flexibility index (Phi) is 5.71. The third-order valence-corrected chi connectivity index (χ3v) is 7.93. The number of aryl methyl sites for hydroxylation is 1. The molecule has 2 unspecified atom stereocenters. The molecule has 1 aliphatic rings. The molecule has 1 saturated heterocycles. The van der Waals surface area contributed by atoms with Crippen molar-refractivity contribution in [1.29, 1.82) is 0 Å². The second kappa shape index (κ2) is 6.96. The lowest BCUT2D eigenvalue weighted by Crippen LogP contribution is -2.52. The number of nitrogens with one attached hydrogen (secondary N) is 1. The number of likely N-dealkylation sites (N-methyl/N-ethyl adjacent to an activating group) is 1. The molecule has 1 aromatic heterocycles. The largest absolute Gasteiger partial charge is 0.313 e. The summed E-state index contributed by atoms with van der Waals surface area (Å²) in [6, 6.07) is 1.86. The van der Waals surface area contributed by atoms with Crippen LogP contribution in [0.1, 0.15) is 38.7 Å². The smallest absolute Gasteiger partial charge is 0.252 e. The van der Waals surface area contributed by atoms with Crippen LogP contribution in [0, 0.1) is 6.92 Å². The lowest BCUT2D eigenvalue weighted by Gasteiger charge is -2.38. The fourth-order valence-electron chi connectivity index (χ4n) is 2.86. The van der Waals surface area contributed by atoms with E-state index in [-0.39, 0.29) is 12.1 Å². The predicted octanol–water partition coefficient (Wildman–Crippen LogP) is 3.25. The van der Waals surface area contributed by atoms with E-state index in [9.17, 15) is 8.42 Å². The average Bonchev–Trinajstić information content (AvgIpc) is 2.80. The summed E-state index contributed by atoms with van der Waals surface area (Å²) in [7, 11) is -3.45. The van der Waals surface area contributed by atoms with Gasteiger partial charge in [-0.15, -0.1) is 11.3 Å². The lowest BCUT2D eigenvalue weighted by molar-refractivity contribution is 0.210. The monoisotopic (exact) mass is 350 g/mol. The number of rotatable bonds is 5. The van der Waals surface area contributed by atoms with Crippen LogP contribution in [0.4, 0.5) is 0 Å². The van der Waals surface area contributed by atoms with E-state index in [0.29, 0.717) is 15.1 Å². The molecule has 7 heteroatoms. The van der Waals surface area contributed by atoms with E-state index >= 15 is 0 Å². The van der Waals surface area contributed by atoms with Crippen LogP contribution in [0.3, 0.4) is 0 Å². The first kappa shape index (κ1) is 17.2. The number of thiophene rings is 1. The predicted molar refractivity (Wildman–Crippen MR) is 88.7 cm³/mol. The Morgan fingerprint density at radius 2 is 2.24 bits per heavy atom. The fourth-order valence-corrected chi connectivity index (χ4v) is 6.46. The van der Waals surface area contributed by atoms with Gasteiger partial charge in [0.2, 0.25) is 0 Å². The fraction of sp³-hybridized carbons (Fsp3) is 0.714. The van der Waals surface area contributed by atoms with Crippen molar-refractivity contribution in [3.05, 3.63) is 16.0 Å². The molecule has 0 spiro atoms. The summed E-state index contributed by atoms with van der Waals surface area (Å²) >= 11 is 7.20. The molecule has 1 aliphatic heterocycles. The maximum Gasteiger partial charge on any atom is 0.252 e. The third-order valence-electron chi connectivity index (χ3n) is 4.00. The maximum atomic E-state index is 12.9. The second-order valence-corrected chi connectivity index (χ2v) is 9.32. The molecule has 0 radical (unpaired) electrons. The molecule has 2 rings (SSSR count). The Morgan fingerprint density at radius 3 is 2.81 bits per heavy atom. The van der Waals surface area contributed by atoms with Crippen LogP contribution in [-0.2, 0) is 10.0 Å². The van der Waals surface area contributed by atoms with E-state index in [1.807, 2.05) is 13.8 Å². The van der Waals surface area contributed by atoms with Gasteiger partial charge in [-0.1, -0.05) is 24.9 Å². The SMILES string of the molecule is CCNC(C)C1CCCCN1S(=O)(=O)c1cc(C)c(Cl)s1. The summed E-state index contributed by atoms with van der Waals surface area (Å²) in [5.41, 5.74) is 0.827. The van der Waals surface area contributed by atoms with Gasteiger partial charge in [0.15, 0.2) is 0 Å². The van der Waals surface area contributed by atoms with Crippen molar-refractivity contribution in [3.63, 3.8) is 0 Å². The molecular weight excluding hydrogens is 328 g/mol. The van der Waals surface area contributed by atoms with Crippen LogP contribution < -0.4 is 5.32 Å². The number of hydrogen-bond acceptors (Lipinski definition) is 4. The summed E-state index contributed by atoms with van der Waals surface area (Å²) in [5.74, 6) is 0. The number of nitrogens with zero attached hydrogens (tertiary/aromatic N) is 1. The zero-order valence-electron chi connectivity index (χ0n) is 12.7. The van der Waals surface area contributed by atoms with Crippen LogP contribution in [0.5, 0.6) is 0 Å². The van der Waals surface area contributed by atoms with Crippen molar-refractivity contribution in [3.8, 4) is 0 Å². The minimum absolute atomic E-state index is 0.0184. The van der Waals surface area contributed by atoms with Gasteiger partial charge in [0.05, 0.1) is 4.34 Å². The molecule has 1 fully saturated rings. The molecular formula is C14H23ClN2O2S2. The molecule has 2 atom stereocenters. The van der Waals surface area contributed by atoms with Crippen molar-refractivity contribution in [2.45, 2.75) is 56.3 Å². The normalized spacial score (nSPS) is 22.4. The van der Waals surface area contributed by atoms with Crippen molar-refractivity contribution in [2.75, 3.05) is 13.1 Å². The summed E-state index contributed by atoms with van der Waals surface area (Å²) in [6.07, 6.45) is 2.91. The molecule has 0 saturated carbocycles. The summed E-state index contributed by atoms with van der Waals surface area (Å²) in [6.45, 7) is 7.38. The maximum absolute atomic E-state index is 12.9. The molecule has 1 N–H and O–H groups in total. The molecule has 120 valence electrons. The van der Waals surface area contributed by atoms with Gasteiger partial charge in [-0.3, -0.25) is 0 Å². The highest BCUT2D eigenvalue weighted by Gasteiger charge is 2.37. The van der Waals surface area contributed by atoms with Crippen LogP contribution in [0.25, 0.3) is 0 Å². The van der Waals surface area contributed by atoms with E-state index in [0.717, 1.165) is 42.7 Å². The molecule has 2 heterocycles. The zero-order valence-corrected chi connectivity index (χ0v) is 15.1. The molecule has 0 aliphatic carbocycles. The first-order chi connectivity index (χ1) is 9.87. The van der Waals surface area contributed by atoms with Gasteiger partial charge in [-0.25, -0.2) is 8.42 Å². The van der Waals surface area contributed by atoms with E-state index < -0.39 is 10.0 Å². The van der Waals surface area contributed by atoms with Gasteiger partial charge >= 0.3 is 0 Å². The molecule has 21 heavy (non-hydrogen) atoms. The van der Waals surface area contributed by atoms with Gasteiger partial charge in [0, 0.05) is 18.6 Å². The quantitative estimate of drug-likeness (QED) is 0.886. The standard InChI is InChI=1S/C14H23ClN2O2S2/c1-4-16-11(3)12-7-5-6-8-17(12)21(18,19)13-9-10(2)14(15)20-13/h9,11-12,16H,4-8H2,1-3H3. The van der Waals surface area contributed by atoms with Crippen molar-refractivity contribution in [2.24, 2.45) is 0 Å². The molecule has 0 aromatic carbocycles. The Bertz CT molecular complexity index is 566. The number of sulfonamides is 1. The van der Waals surface area contributed by atoms with Crippen LogP contribution in [0.15, 0.2) is 10.3 Å². The number of halogens is 1. The number of piperidine rings is 1. The molecule has 4 nitrogen and oxygen atoms in total. The highest BCUT2D eigenvalue weighted by molar-refractivity contribution is 7.91. The topological polar surface area (TPSA) is 49.4 Å². The zero-order chi connectivity index (χ0) is 15.6. The highest BCUT2D eigenvalue weighted by atomic mass is 35.5. The van der Waals surface area contributed by atoms with Gasteiger partial charge in [-0.2, -0.15) is 4.31 Å². The summed E-state index contributed by atoms with van der Waals surface area (Å²) in [4.78, 5) is 0. The Labute approximate surface area is 136 Å². The molecule has 1 aromatic rings. The van der Waals surface area contributed by atoms with E-state index in [1.54, 1.807) is 10.4 Å². The Balaban J connectivity index is 2.31. The van der Waals surface area contributed by atoms with E-state index in [1.165, 1.54) is 0 Å². The van der Waals surface area contributed by atoms with Crippen LogP contribution in [-0.4, -0.2) is 37.9 Å². The summed E-state index contributed by atoms with van der Waals surface area (Å²) in [5, 5.41) is 3.36. The van der Waals surface area contributed by atoms with Gasteiger partial charge < -0.3 is 5.32 Å². The number of hydrogen-bond donors (Lipinski definition) is 1. The first-order valence-electron chi connectivity index (χ1n) is 7.39. The van der Waals surface area contributed by atoms with E-state index in [4.69, 9.17) is 11.6 Å². The first-order valence-corrected chi connectivity index (χ1v) is 10.0.